The highest BCUT2D eigenvalue weighted by molar-refractivity contribution is 6.05. The molecular formula is C16H21N3O2. The van der Waals surface area contributed by atoms with Crippen LogP contribution in [0.4, 0.5) is 11.6 Å². The molecule has 0 bridgehead atoms. The Morgan fingerprint density at radius 3 is 2.62 bits per heavy atom. The van der Waals surface area contributed by atoms with Gasteiger partial charge in [0.25, 0.3) is 5.91 Å². The number of nitrogens with zero attached hydrogens (tertiary/aromatic N) is 1. The highest BCUT2D eigenvalue weighted by Crippen LogP contribution is 2.20. The van der Waals surface area contributed by atoms with Gasteiger partial charge in [0.15, 0.2) is 0 Å². The van der Waals surface area contributed by atoms with Gasteiger partial charge in [0.1, 0.15) is 0 Å². The molecule has 0 aliphatic carbocycles. The molecule has 1 aromatic carbocycles. The quantitative estimate of drug-likeness (QED) is 0.880. The van der Waals surface area contributed by atoms with Crippen molar-refractivity contribution in [3.8, 4) is 0 Å². The Bertz CT molecular complexity index is 647. The third kappa shape index (κ3) is 3.42. The Morgan fingerprint density at radius 1 is 1.29 bits per heavy atom. The fourth-order valence-corrected chi connectivity index (χ4v) is 2.00. The van der Waals surface area contributed by atoms with Crippen molar-refractivity contribution in [2.75, 3.05) is 17.2 Å². The molecule has 0 unspecified atom stereocenters. The van der Waals surface area contributed by atoms with Crippen molar-refractivity contribution in [2.24, 2.45) is 0 Å². The summed E-state index contributed by atoms with van der Waals surface area (Å²) in [4.78, 5) is 12.3. The monoisotopic (exact) mass is 287 g/mol. The lowest BCUT2D eigenvalue weighted by molar-refractivity contribution is 0.102. The van der Waals surface area contributed by atoms with E-state index in [9.17, 15) is 4.79 Å². The maximum atomic E-state index is 12.3. The molecule has 0 spiro atoms. The van der Waals surface area contributed by atoms with Crippen LogP contribution in [0.1, 0.15) is 40.5 Å². The molecule has 0 aliphatic heterocycles. The minimum absolute atomic E-state index is 0.186. The van der Waals surface area contributed by atoms with Gasteiger partial charge in [0, 0.05) is 23.4 Å². The van der Waals surface area contributed by atoms with E-state index in [1.807, 2.05) is 39.0 Å². The van der Waals surface area contributed by atoms with Gasteiger partial charge in [0.05, 0.1) is 5.69 Å². The molecule has 0 saturated heterocycles. The number of rotatable bonds is 5. The summed E-state index contributed by atoms with van der Waals surface area (Å²) < 4.78 is 5.11. The zero-order valence-corrected chi connectivity index (χ0v) is 12.9. The van der Waals surface area contributed by atoms with Gasteiger partial charge < -0.3 is 9.84 Å². The molecule has 112 valence electrons. The Hall–Kier alpha value is -2.30. The smallest absolute Gasteiger partial charge is 0.258 e. The minimum atomic E-state index is -0.186. The van der Waals surface area contributed by atoms with Crippen molar-refractivity contribution >= 4 is 17.5 Å². The zero-order valence-electron chi connectivity index (χ0n) is 12.9. The molecule has 1 amide bonds. The van der Waals surface area contributed by atoms with E-state index in [1.54, 1.807) is 0 Å². The Labute approximate surface area is 124 Å². The molecule has 2 rings (SSSR count). The van der Waals surface area contributed by atoms with Gasteiger partial charge in [-0.2, -0.15) is 0 Å². The molecule has 5 heteroatoms. The number of hydrogen-bond acceptors (Lipinski definition) is 4. The summed E-state index contributed by atoms with van der Waals surface area (Å²) >= 11 is 0. The van der Waals surface area contributed by atoms with Crippen LogP contribution in [0.3, 0.4) is 0 Å². The average molecular weight is 287 g/mol. The van der Waals surface area contributed by atoms with Crippen LogP contribution in [0.25, 0.3) is 0 Å². The van der Waals surface area contributed by atoms with Crippen molar-refractivity contribution in [3.63, 3.8) is 0 Å². The van der Waals surface area contributed by atoms with Gasteiger partial charge in [0.2, 0.25) is 5.88 Å². The first-order valence-electron chi connectivity index (χ1n) is 7.11. The second-order valence-electron chi connectivity index (χ2n) is 5.13. The summed E-state index contributed by atoms with van der Waals surface area (Å²) in [5.74, 6) is 0.221. The van der Waals surface area contributed by atoms with E-state index in [4.69, 9.17) is 4.52 Å². The van der Waals surface area contributed by atoms with Crippen LogP contribution in [-0.2, 0) is 0 Å². The van der Waals surface area contributed by atoms with E-state index in [2.05, 4.69) is 22.7 Å². The van der Waals surface area contributed by atoms with Crippen LogP contribution in [-0.4, -0.2) is 17.6 Å². The highest BCUT2D eigenvalue weighted by Gasteiger charge is 2.15. The first-order chi connectivity index (χ1) is 10.0. The van der Waals surface area contributed by atoms with Crippen molar-refractivity contribution in [2.45, 2.75) is 34.1 Å². The van der Waals surface area contributed by atoms with Gasteiger partial charge in [-0.1, -0.05) is 12.1 Å². The van der Waals surface area contributed by atoms with Crippen LogP contribution in [0.2, 0.25) is 0 Å². The van der Waals surface area contributed by atoms with E-state index in [0.29, 0.717) is 11.4 Å². The summed E-state index contributed by atoms with van der Waals surface area (Å²) in [7, 11) is 0. The molecule has 0 fully saturated rings. The molecule has 1 heterocycles. The zero-order chi connectivity index (χ0) is 15.4. The number of carbonyl (C=O) groups excluding carboxylic acids is 1. The maximum absolute atomic E-state index is 12.3. The van der Waals surface area contributed by atoms with Gasteiger partial charge in [-0.05, 0) is 51.0 Å². The van der Waals surface area contributed by atoms with Crippen LogP contribution in [0, 0.1) is 20.8 Å². The molecule has 2 aromatic rings. The molecule has 1 aromatic heterocycles. The standard InChI is InChI=1S/C16H21N3O2/c1-5-8-17-13-6-7-14(10(2)9-13)15(20)18-16-11(3)12(4)19-21-16/h6-7,9,17H,5,8H2,1-4H3,(H,18,20). The van der Waals surface area contributed by atoms with Crippen molar-refractivity contribution in [1.29, 1.82) is 0 Å². The van der Waals surface area contributed by atoms with Crippen LogP contribution < -0.4 is 10.6 Å². The predicted molar refractivity (Wildman–Crippen MR) is 83.9 cm³/mol. The number of amides is 1. The number of carbonyl (C=O) groups is 1. The second kappa shape index (κ2) is 6.43. The Balaban J connectivity index is 2.14. The third-order valence-corrected chi connectivity index (χ3v) is 3.43. The van der Waals surface area contributed by atoms with Crippen molar-refractivity contribution in [3.05, 3.63) is 40.6 Å². The van der Waals surface area contributed by atoms with Crippen molar-refractivity contribution < 1.29 is 9.32 Å². The lowest BCUT2D eigenvalue weighted by Gasteiger charge is -2.09. The Kier molecular flexibility index (Phi) is 4.62. The fourth-order valence-electron chi connectivity index (χ4n) is 2.00. The molecule has 0 radical (unpaired) electrons. The molecule has 2 N–H and O–H groups in total. The van der Waals surface area contributed by atoms with E-state index in [1.165, 1.54) is 0 Å². The maximum Gasteiger partial charge on any atom is 0.258 e. The number of nitrogens with one attached hydrogen (secondary N) is 2. The SMILES string of the molecule is CCCNc1ccc(C(=O)Nc2onc(C)c2C)c(C)c1. The lowest BCUT2D eigenvalue weighted by Crippen LogP contribution is -2.14. The summed E-state index contributed by atoms with van der Waals surface area (Å²) in [6, 6.07) is 5.71. The fraction of sp³-hybridized carbons (Fsp3) is 0.375. The largest absolute Gasteiger partial charge is 0.385 e. The Morgan fingerprint density at radius 2 is 2.05 bits per heavy atom. The normalized spacial score (nSPS) is 10.5. The van der Waals surface area contributed by atoms with Crippen molar-refractivity contribution in [1.82, 2.24) is 5.16 Å². The van der Waals surface area contributed by atoms with Gasteiger partial charge >= 0.3 is 0 Å². The van der Waals surface area contributed by atoms with E-state index >= 15 is 0 Å². The molecular weight excluding hydrogens is 266 g/mol. The summed E-state index contributed by atoms with van der Waals surface area (Å²) in [6.07, 6.45) is 1.06. The van der Waals surface area contributed by atoms with Gasteiger partial charge in [-0.15, -0.1) is 0 Å². The second-order valence-corrected chi connectivity index (χ2v) is 5.13. The predicted octanol–water partition coefficient (Wildman–Crippen LogP) is 3.67. The average Bonchev–Trinajstić information content (AvgIpc) is 2.77. The summed E-state index contributed by atoms with van der Waals surface area (Å²) in [6.45, 7) is 8.66. The van der Waals surface area contributed by atoms with E-state index < -0.39 is 0 Å². The summed E-state index contributed by atoms with van der Waals surface area (Å²) in [5, 5.41) is 9.90. The van der Waals surface area contributed by atoms with Gasteiger partial charge in [-0.25, -0.2) is 0 Å². The molecule has 5 nitrogen and oxygen atoms in total. The van der Waals surface area contributed by atoms with E-state index in [0.717, 1.165) is 35.5 Å². The van der Waals surface area contributed by atoms with Crippen LogP contribution >= 0.6 is 0 Å². The van der Waals surface area contributed by atoms with Crippen LogP contribution in [0.5, 0.6) is 0 Å². The van der Waals surface area contributed by atoms with E-state index in [-0.39, 0.29) is 5.91 Å². The number of benzene rings is 1. The molecule has 21 heavy (non-hydrogen) atoms. The lowest BCUT2D eigenvalue weighted by atomic mass is 10.1. The minimum Gasteiger partial charge on any atom is -0.385 e. The molecule has 0 aliphatic rings. The van der Waals surface area contributed by atoms with Gasteiger partial charge in [-0.3, -0.25) is 10.1 Å². The third-order valence-electron chi connectivity index (χ3n) is 3.43. The highest BCUT2D eigenvalue weighted by atomic mass is 16.5. The number of aryl methyl sites for hydroxylation is 2. The first kappa shape index (κ1) is 15.1. The topological polar surface area (TPSA) is 67.2 Å². The molecule has 0 atom stereocenters. The molecule has 0 saturated carbocycles. The number of aromatic nitrogens is 1. The number of anilines is 2. The first-order valence-corrected chi connectivity index (χ1v) is 7.11. The van der Waals surface area contributed by atoms with Crippen LogP contribution in [0.15, 0.2) is 22.7 Å². The number of hydrogen-bond donors (Lipinski definition) is 2. The summed E-state index contributed by atoms with van der Waals surface area (Å²) in [5.41, 5.74) is 4.20.